The predicted octanol–water partition coefficient (Wildman–Crippen LogP) is 17.7. The Morgan fingerprint density at radius 1 is 0.290 bits per heavy atom. The van der Waals surface area contributed by atoms with Crippen LogP contribution in [0, 0.1) is 0 Å². The maximum absolute atomic E-state index is 2.46. The zero-order valence-corrected chi connectivity index (χ0v) is 34.7. The number of rotatable bonds is 7. The summed E-state index contributed by atoms with van der Waals surface area (Å²) in [5.74, 6) is 0. The lowest BCUT2D eigenvalue weighted by Gasteiger charge is -2.27. The lowest BCUT2D eigenvalue weighted by Crippen LogP contribution is -2.10. The Bertz CT molecular complexity index is 3620. The molecule has 0 saturated heterocycles. The van der Waals surface area contributed by atoms with Gasteiger partial charge in [0.05, 0.1) is 10.4 Å². The van der Waals surface area contributed by atoms with Crippen LogP contribution in [0.1, 0.15) is 0 Å². The molecular formula is C60H39NS. The van der Waals surface area contributed by atoms with E-state index >= 15 is 0 Å². The molecule has 0 fully saturated rings. The Labute approximate surface area is 365 Å². The first-order valence-corrected chi connectivity index (χ1v) is 22.1. The lowest BCUT2D eigenvalue weighted by molar-refractivity contribution is 1.30. The molecule has 12 rings (SSSR count). The van der Waals surface area contributed by atoms with Crippen molar-refractivity contribution < 1.29 is 0 Å². The highest BCUT2D eigenvalue weighted by Gasteiger charge is 2.22. The van der Waals surface area contributed by atoms with Gasteiger partial charge >= 0.3 is 0 Å². The molecule has 0 radical (unpaired) electrons. The molecule has 0 aliphatic heterocycles. The van der Waals surface area contributed by atoms with Crippen molar-refractivity contribution in [2.24, 2.45) is 0 Å². The van der Waals surface area contributed by atoms with Gasteiger partial charge in [-0.2, -0.15) is 0 Å². The fourth-order valence-corrected chi connectivity index (χ4v) is 10.8. The highest BCUT2D eigenvalue weighted by Crippen LogP contribution is 2.48. The molecule has 1 aromatic heterocycles. The summed E-state index contributed by atoms with van der Waals surface area (Å²) < 4.78 is 2.56. The molecular weight excluding hydrogens is 767 g/mol. The summed E-state index contributed by atoms with van der Waals surface area (Å²) in [4.78, 5) is 2.46. The zero-order chi connectivity index (χ0) is 41.0. The van der Waals surface area contributed by atoms with Crippen LogP contribution >= 0.6 is 11.3 Å². The van der Waals surface area contributed by atoms with Gasteiger partial charge in [-0.1, -0.05) is 194 Å². The first-order chi connectivity index (χ1) is 30.8. The van der Waals surface area contributed by atoms with Gasteiger partial charge in [0, 0.05) is 26.8 Å². The SMILES string of the molecule is c1ccc(-c2cccc3ccc(-c4ccc(N(c5cccc(-c6c(-c7ccccc7)c7ccccc7c7ccccc67)c5)c5cccc6c5sc5ccccc56)cc4)cc23)cc1. The van der Waals surface area contributed by atoms with E-state index in [9.17, 15) is 0 Å². The number of benzene rings is 11. The van der Waals surface area contributed by atoms with Gasteiger partial charge in [-0.25, -0.2) is 0 Å². The van der Waals surface area contributed by atoms with Gasteiger partial charge in [0.25, 0.3) is 0 Å². The molecule has 12 aromatic rings. The van der Waals surface area contributed by atoms with Crippen molar-refractivity contribution in [3.8, 4) is 44.5 Å². The Morgan fingerprint density at radius 3 is 1.60 bits per heavy atom. The van der Waals surface area contributed by atoms with E-state index in [1.54, 1.807) is 0 Å². The van der Waals surface area contributed by atoms with E-state index in [0.717, 1.165) is 11.4 Å². The van der Waals surface area contributed by atoms with Gasteiger partial charge in [0.15, 0.2) is 0 Å². The van der Waals surface area contributed by atoms with Crippen molar-refractivity contribution in [3.05, 3.63) is 237 Å². The molecule has 0 spiro atoms. The maximum atomic E-state index is 2.46. The molecule has 0 bridgehead atoms. The molecule has 0 saturated carbocycles. The molecule has 0 aliphatic carbocycles. The number of thiophene rings is 1. The third-order valence-electron chi connectivity index (χ3n) is 12.4. The Hall–Kier alpha value is -7.78. The standard InChI is InChI=1S/C60H39NS/c1-3-16-41(17-4-1)48-28-14-20-42-32-33-44(39-55(42)48)40-34-36-46(37-35-40)61(56-30-15-29-54-51-25-11-12-31-57(51)62-60(54)56)47-22-13-21-45(38-47)59-53-27-10-8-24-50(53)49-23-7-9-26-52(49)58(59)43-18-5-2-6-19-43/h1-39H. The first kappa shape index (κ1) is 36.1. The normalized spacial score (nSPS) is 11.5. The number of hydrogen-bond acceptors (Lipinski definition) is 2. The van der Waals surface area contributed by atoms with Crippen molar-refractivity contribution in [1.29, 1.82) is 0 Å². The van der Waals surface area contributed by atoms with Crippen LogP contribution in [0.2, 0.25) is 0 Å². The van der Waals surface area contributed by atoms with Crippen LogP contribution in [0.5, 0.6) is 0 Å². The van der Waals surface area contributed by atoms with E-state index < -0.39 is 0 Å². The monoisotopic (exact) mass is 805 g/mol. The summed E-state index contributed by atoms with van der Waals surface area (Å²) in [7, 11) is 0. The van der Waals surface area contributed by atoms with Gasteiger partial charge < -0.3 is 4.90 Å². The fourth-order valence-electron chi connectivity index (χ4n) is 9.61. The third kappa shape index (κ3) is 6.07. The second-order valence-electron chi connectivity index (χ2n) is 16.0. The summed E-state index contributed by atoms with van der Waals surface area (Å²) in [6.07, 6.45) is 0. The van der Waals surface area contributed by atoms with Crippen LogP contribution in [0.15, 0.2) is 237 Å². The third-order valence-corrected chi connectivity index (χ3v) is 13.6. The molecule has 1 nitrogen and oxygen atoms in total. The van der Waals surface area contributed by atoms with E-state index in [4.69, 9.17) is 0 Å². The molecule has 0 N–H and O–H groups in total. The summed E-state index contributed by atoms with van der Waals surface area (Å²) in [6, 6.07) is 86.7. The average Bonchev–Trinajstić information content (AvgIpc) is 3.74. The van der Waals surface area contributed by atoms with Crippen molar-refractivity contribution in [3.63, 3.8) is 0 Å². The predicted molar refractivity (Wildman–Crippen MR) is 268 cm³/mol. The summed E-state index contributed by atoms with van der Waals surface area (Å²) >= 11 is 1.87. The van der Waals surface area contributed by atoms with Crippen LogP contribution in [0.3, 0.4) is 0 Å². The van der Waals surface area contributed by atoms with Crippen molar-refractivity contribution in [1.82, 2.24) is 0 Å². The van der Waals surface area contributed by atoms with Crippen molar-refractivity contribution in [2.45, 2.75) is 0 Å². The van der Waals surface area contributed by atoms with Crippen LogP contribution < -0.4 is 4.90 Å². The minimum atomic E-state index is 1.10. The molecule has 2 heteroatoms. The van der Waals surface area contributed by atoms with Crippen molar-refractivity contribution in [2.75, 3.05) is 4.90 Å². The highest BCUT2D eigenvalue weighted by atomic mass is 32.1. The smallest absolute Gasteiger partial charge is 0.0640 e. The van der Waals surface area contributed by atoms with Gasteiger partial charge in [-0.15, -0.1) is 11.3 Å². The number of nitrogens with zero attached hydrogens (tertiary/aromatic N) is 1. The molecule has 1 heterocycles. The molecule has 11 aromatic carbocycles. The Balaban J connectivity index is 1.06. The van der Waals surface area contributed by atoms with E-state index in [1.807, 2.05) is 11.3 Å². The molecule has 0 unspecified atom stereocenters. The van der Waals surface area contributed by atoms with Crippen LogP contribution in [0.4, 0.5) is 17.1 Å². The topological polar surface area (TPSA) is 3.24 Å². The minimum absolute atomic E-state index is 1.10. The fraction of sp³-hybridized carbons (Fsp3) is 0. The molecule has 290 valence electrons. The second-order valence-corrected chi connectivity index (χ2v) is 17.1. The number of hydrogen-bond donors (Lipinski definition) is 0. The maximum Gasteiger partial charge on any atom is 0.0640 e. The Kier molecular flexibility index (Phi) is 8.76. The first-order valence-electron chi connectivity index (χ1n) is 21.3. The van der Waals surface area contributed by atoms with Gasteiger partial charge in [-0.3, -0.25) is 0 Å². The van der Waals surface area contributed by atoms with E-state index in [0.29, 0.717) is 0 Å². The zero-order valence-electron chi connectivity index (χ0n) is 33.9. The van der Waals surface area contributed by atoms with Crippen LogP contribution in [-0.2, 0) is 0 Å². The highest BCUT2D eigenvalue weighted by molar-refractivity contribution is 7.26. The summed E-state index contributed by atoms with van der Waals surface area (Å²) in [5, 5.41) is 10.1. The van der Waals surface area contributed by atoms with E-state index in [2.05, 4.69) is 241 Å². The van der Waals surface area contributed by atoms with Crippen molar-refractivity contribution >= 4 is 80.9 Å². The second kappa shape index (κ2) is 15.0. The van der Waals surface area contributed by atoms with Gasteiger partial charge in [0.1, 0.15) is 0 Å². The van der Waals surface area contributed by atoms with Gasteiger partial charge in [0.2, 0.25) is 0 Å². The van der Waals surface area contributed by atoms with E-state index in [-0.39, 0.29) is 0 Å². The van der Waals surface area contributed by atoms with E-state index in [1.165, 1.54) is 103 Å². The quantitative estimate of drug-likeness (QED) is 0.145. The molecule has 62 heavy (non-hydrogen) atoms. The summed E-state index contributed by atoms with van der Waals surface area (Å²) in [6.45, 7) is 0. The van der Waals surface area contributed by atoms with Crippen LogP contribution in [0.25, 0.3) is 97.0 Å². The number of anilines is 3. The largest absolute Gasteiger partial charge is 0.309 e. The Morgan fingerprint density at radius 2 is 0.855 bits per heavy atom. The average molecular weight is 806 g/mol. The number of fused-ring (bicyclic) bond motifs is 7. The van der Waals surface area contributed by atoms with Gasteiger partial charge in [-0.05, 0) is 119 Å². The summed E-state index contributed by atoms with van der Waals surface area (Å²) in [5.41, 5.74) is 13.1. The minimum Gasteiger partial charge on any atom is -0.309 e. The molecule has 0 amide bonds. The lowest BCUT2D eigenvalue weighted by atomic mass is 9.85. The van der Waals surface area contributed by atoms with Crippen LogP contribution in [-0.4, -0.2) is 0 Å². The molecule has 0 aliphatic rings. The molecule has 0 atom stereocenters.